The van der Waals surface area contributed by atoms with E-state index >= 15 is 0 Å². The van der Waals surface area contributed by atoms with Crippen molar-refractivity contribution in [2.24, 2.45) is 0 Å². The lowest BCUT2D eigenvalue weighted by atomic mass is 9.99. The molecule has 1 aliphatic heterocycles. The van der Waals surface area contributed by atoms with Gasteiger partial charge in [0.2, 0.25) is 0 Å². The molecule has 2 unspecified atom stereocenters. The van der Waals surface area contributed by atoms with Crippen LogP contribution in [0.2, 0.25) is 0 Å². The van der Waals surface area contributed by atoms with Gasteiger partial charge in [-0.15, -0.1) is 11.3 Å². The van der Waals surface area contributed by atoms with Gasteiger partial charge in [-0.1, -0.05) is 0 Å². The van der Waals surface area contributed by atoms with Gasteiger partial charge in [-0.25, -0.2) is 4.98 Å². The van der Waals surface area contributed by atoms with Crippen LogP contribution in [-0.2, 0) is 0 Å². The molecule has 0 spiro atoms. The fourth-order valence-corrected chi connectivity index (χ4v) is 3.65. The van der Waals surface area contributed by atoms with Crippen LogP contribution in [0.15, 0.2) is 18.2 Å². The Bertz CT molecular complexity index is 578. The number of fused-ring (bicyclic) bond motifs is 1. The van der Waals surface area contributed by atoms with Gasteiger partial charge in [-0.2, -0.15) is 0 Å². The molecule has 0 radical (unpaired) electrons. The summed E-state index contributed by atoms with van der Waals surface area (Å²) in [4.78, 5) is 6.95. The molecule has 0 saturated carbocycles. The number of hydrogen-bond donors (Lipinski definition) is 1. The first-order valence-corrected chi connectivity index (χ1v) is 7.77. The Kier molecular flexibility index (Phi) is 3.46. The molecule has 3 rings (SSSR count). The van der Waals surface area contributed by atoms with Gasteiger partial charge in [0.05, 0.1) is 15.2 Å². The number of anilines is 1. The summed E-state index contributed by atoms with van der Waals surface area (Å²) in [5.74, 6) is 0. The molecule has 1 saturated heterocycles. The minimum absolute atomic E-state index is 0.595. The van der Waals surface area contributed by atoms with Crippen LogP contribution < -0.4 is 5.32 Å². The zero-order valence-electron chi connectivity index (χ0n) is 11.8. The van der Waals surface area contributed by atoms with Crippen molar-refractivity contribution in [3.63, 3.8) is 0 Å². The summed E-state index contributed by atoms with van der Waals surface area (Å²) in [6.45, 7) is 5.56. The van der Waals surface area contributed by atoms with E-state index < -0.39 is 0 Å². The van der Waals surface area contributed by atoms with Crippen molar-refractivity contribution in [3.8, 4) is 0 Å². The molecule has 0 amide bonds. The number of thiazole rings is 1. The standard InChI is InChI=1S/C15H21N3S/c1-10-8-13(6-7-18(10)3)17-12-4-5-14-15(9-12)19-11(2)16-14/h4-5,9-10,13,17H,6-8H2,1-3H3. The molecule has 2 heterocycles. The third-order valence-corrected chi connectivity index (χ3v) is 5.01. The Morgan fingerprint density at radius 1 is 1.42 bits per heavy atom. The van der Waals surface area contributed by atoms with E-state index in [0.29, 0.717) is 12.1 Å². The highest BCUT2D eigenvalue weighted by Gasteiger charge is 2.22. The van der Waals surface area contributed by atoms with E-state index in [-0.39, 0.29) is 0 Å². The Morgan fingerprint density at radius 2 is 2.26 bits per heavy atom. The highest BCUT2D eigenvalue weighted by molar-refractivity contribution is 7.18. The Hall–Kier alpha value is -1.13. The number of hydrogen-bond acceptors (Lipinski definition) is 4. The van der Waals surface area contributed by atoms with Crippen LogP contribution in [0.3, 0.4) is 0 Å². The summed E-state index contributed by atoms with van der Waals surface area (Å²) in [6.07, 6.45) is 2.44. The number of nitrogens with one attached hydrogen (secondary N) is 1. The topological polar surface area (TPSA) is 28.2 Å². The average Bonchev–Trinajstić information content (AvgIpc) is 2.73. The third-order valence-electron chi connectivity index (χ3n) is 4.07. The minimum Gasteiger partial charge on any atom is -0.382 e. The molecule has 1 fully saturated rings. The van der Waals surface area contributed by atoms with Crippen molar-refractivity contribution >= 4 is 27.2 Å². The molecule has 4 heteroatoms. The fourth-order valence-electron chi connectivity index (χ4n) is 2.79. The average molecular weight is 275 g/mol. The first kappa shape index (κ1) is 12.9. The van der Waals surface area contributed by atoms with Gasteiger partial charge >= 0.3 is 0 Å². The smallest absolute Gasteiger partial charge is 0.0907 e. The number of aryl methyl sites for hydroxylation is 1. The minimum atomic E-state index is 0.595. The Morgan fingerprint density at radius 3 is 3.05 bits per heavy atom. The lowest BCUT2D eigenvalue weighted by molar-refractivity contribution is 0.190. The molecule has 3 nitrogen and oxygen atoms in total. The predicted octanol–water partition coefficient (Wildman–Crippen LogP) is 3.50. The predicted molar refractivity (Wildman–Crippen MR) is 83.1 cm³/mol. The summed E-state index contributed by atoms with van der Waals surface area (Å²) in [5.41, 5.74) is 2.35. The van der Waals surface area contributed by atoms with Gasteiger partial charge in [0.1, 0.15) is 0 Å². The van der Waals surface area contributed by atoms with Crippen molar-refractivity contribution in [3.05, 3.63) is 23.2 Å². The SMILES string of the molecule is Cc1nc2ccc(NC3CCN(C)C(C)C3)cc2s1. The summed E-state index contributed by atoms with van der Waals surface area (Å²) in [7, 11) is 2.22. The van der Waals surface area contributed by atoms with Crippen LogP contribution in [0, 0.1) is 6.92 Å². The van der Waals surface area contributed by atoms with E-state index in [1.807, 2.05) is 0 Å². The molecule has 0 aliphatic carbocycles. The maximum Gasteiger partial charge on any atom is 0.0907 e. The van der Waals surface area contributed by atoms with Crippen molar-refractivity contribution in [1.82, 2.24) is 9.88 Å². The highest BCUT2D eigenvalue weighted by Crippen LogP contribution is 2.26. The van der Waals surface area contributed by atoms with Gasteiger partial charge < -0.3 is 10.2 Å². The molecule has 0 bridgehead atoms. The largest absolute Gasteiger partial charge is 0.382 e. The van der Waals surface area contributed by atoms with Gasteiger partial charge in [0, 0.05) is 24.3 Å². The van der Waals surface area contributed by atoms with Crippen molar-refractivity contribution in [2.45, 2.75) is 38.8 Å². The Labute approximate surface area is 118 Å². The van der Waals surface area contributed by atoms with Gasteiger partial charge in [0.25, 0.3) is 0 Å². The van der Waals surface area contributed by atoms with E-state index in [2.05, 4.69) is 54.3 Å². The summed E-state index contributed by atoms with van der Waals surface area (Å²) < 4.78 is 1.28. The van der Waals surface area contributed by atoms with Crippen molar-refractivity contribution < 1.29 is 0 Å². The number of rotatable bonds is 2. The fraction of sp³-hybridized carbons (Fsp3) is 0.533. The quantitative estimate of drug-likeness (QED) is 0.909. The summed E-state index contributed by atoms with van der Waals surface area (Å²) in [5, 5.41) is 4.82. The van der Waals surface area contributed by atoms with Crippen LogP contribution in [-0.4, -0.2) is 35.6 Å². The molecule has 1 N–H and O–H groups in total. The zero-order valence-corrected chi connectivity index (χ0v) is 12.6. The van der Waals surface area contributed by atoms with Gasteiger partial charge in [-0.3, -0.25) is 0 Å². The van der Waals surface area contributed by atoms with Crippen LogP contribution in [0.25, 0.3) is 10.2 Å². The molecule has 102 valence electrons. The monoisotopic (exact) mass is 275 g/mol. The highest BCUT2D eigenvalue weighted by atomic mass is 32.1. The summed E-state index contributed by atoms with van der Waals surface area (Å²) in [6, 6.07) is 7.78. The van der Waals surface area contributed by atoms with E-state index in [4.69, 9.17) is 0 Å². The first-order valence-electron chi connectivity index (χ1n) is 6.96. The maximum atomic E-state index is 4.51. The van der Waals surface area contributed by atoms with Crippen LogP contribution >= 0.6 is 11.3 Å². The molecule has 1 aromatic carbocycles. The van der Waals surface area contributed by atoms with Gasteiger partial charge in [-0.05, 0) is 51.9 Å². The number of benzene rings is 1. The number of piperidine rings is 1. The molecule has 2 atom stereocenters. The molecular formula is C15H21N3S. The maximum absolute atomic E-state index is 4.51. The normalized spacial score (nSPS) is 24.8. The molecule has 2 aromatic rings. The summed E-state index contributed by atoms with van der Waals surface area (Å²) >= 11 is 1.77. The van der Waals surface area contributed by atoms with E-state index in [9.17, 15) is 0 Å². The molecule has 1 aliphatic rings. The van der Waals surface area contributed by atoms with Crippen LogP contribution in [0.1, 0.15) is 24.8 Å². The van der Waals surface area contributed by atoms with Crippen LogP contribution in [0.5, 0.6) is 0 Å². The van der Waals surface area contributed by atoms with E-state index in [1.165, 1.54) is 29.8 Å². The second-order valence-corrected chi connectivity index (χ2v) is 6.85. The number of likely N-dealkylation sites (tertiary alicyclic amines) is 1. The van der Waals surface area contributed by atoms with Crippen molar-refractivity contribution in [1.29, 1.82) is 0 Å². The van der Waals surface area contributed by atoms with E-state index in [1.54, 1.807) is 11.3 Å². The van der Waals surface area contributed by atoms with E-state index in [0.717, 1.165) is 10.5 Å². The second kappa shape index (κ2) is 5.10. The third kappa shape index (κ3) is 2.74. The molecular weight excluding hydrogens is 254 g/mol. The lowest BCUT2D eigenvalue weighted by Crippen LogP contribution is -2.42. The Balaban J connectivity index is 1.74. The van der Waals surface area contributed by atoms with Crippen LogP contribution in [0.4, 0.5) is 5.69 Å². The lowest BCUT2D eigenvalue weighted by Gasteiger charge is -2.35. The van der Waals surface area contributed by atoms with Crippen molar-refractivity contribution in [2.75, 3.05) is 18.9 Å². The molecule has 19 heavy (non-hydrogen) atoms. The zero-order chi connectivity index (χ0) is 13.4. The second-order valence-electron chi connectivity index (χ2n) is 5.61. The number of aromatic nitrogens is 1. The number of nitrogens with zero attached hydrogens (tertiary/aromatic N) is 2. The first-order chi connectivity index (χ1) is 9.11. The van der Waals surface area contributed by atoms with Gasteiger partial charge in [0.15, 0.2) is 0 Å². The molecule has 1 aromatic heterocycles.